The van der Waals surface area contributed by atoms with Gasteiger partial charge in [0.25, 0.3) is 0 Å². The summed E-state index contributed by atoms with van der Waals surface area (Å²) in [5, 5.41) is 8.89. The number of ether oxygens (including phenoxy) is 1. The average Bonchev–Trinajstić information content (AvgIpc) is 2.55. The number of rotatable bonds is 5. The first-order valence-electron chi connectivity index (χ1n) is 10.3. The normalized spacial score (nSPS) is 38.5. The first-order valence-corrected chi connectivity index (χ1v) is 10.3. The number of amides is 1. The van der Waals surface area contributed by atoms with Crippen LogP contribution in [0, 0.1) is 34.5 Å². The van der Waals surface area contributed by atoms with Gasteiger partial charge in [-0.05, 0) is 60.2 Å². The molecule has 0 heterocycles. The van der Waals surface area contributed by atoms with Crippen LogP contribution in [-0.4, -0.2) is 17.4 Å². The molecular formula is C21H39NO3. The van der Waals surface area contributed by atoms with Crippen molar-refractivity contribution in [2.45, 2.75) is 92.6 Å². The molecule has 1 amide bonds. The van der Waals surface area contributed by atoms with Crippen LogP contribution in [-0.2, 0) is 4.74 Å². The molecule has 0 aromatic rings. The Bertz CT molecular complexity index is 464. The van der Waals surface area contributed by atoms with Crippen molar-refractivity contribution in [3.8, 4) is 0 Å². The van der Waals surface area contributed by atoms with Crippen LogP contribution in [0.1, 0.15) is 86.5 Å². The number of carbonyl (C=O) groups excluding carboxylic acids is 1. The van der Waals surface area contributed by atoms with Gasteiger partial charge in [0.2, 0.25) is 0 Å². The fraction of sp³-hybridized carbons (Fsp3) is 0.952. The largest absolute Gasteiger partial charge is 0.444 e. The highest BCUT2D eigenvalue weighted by molar-refractivity contribution is 5.65. The predicted molar refractivity (Wildman–Crippen MR) is 100 cm³/mol. The highest BCUT2D eigenvalue weighted by atomic mass is 16.6. The molecule has 0 aliphatic heterocycles. The Hall–Kier alpha value is -0.770. The lowest BCUT2D eigenvalue weighted by molar-refractivity contribution is -0.145. The Balaban J connectivity index is 2.28. The van der Waals surface area contributed by atoms with E-state index in [-0.39, 0.29) is 11.5 Å². The number of fused-ring (bicyclic) bond motifs is 1. The Morgan fingerprint density at radius 3 is 2.60 bits per heavy atom. The van der Waals surface area contributed by atoms with E-state index in [2.05, 4.69) is 41.5 Å². The zero-order chi connectivity index (χ0) is 18.8. The van der Waals surface area contributed by atoms with Gasteiger partial charge in [-0.25, -0.2) is 10.3 Å². The molecule has 2 saturated carbocycles. The van der Waals surface area contributed by atoms with Gasteiger partial charge in [-0.1, -0.05) is 60.8 Å². The Morgan fingerprint density at radius 1 is 1.32 bits per heavy atom. The molecule has 0 unspecified atom stereocenters. The Labute approximate surface area is 154 Å². The van der Waals surface area contributed by atoms with Gasteiger partial charge in [0.15, 0.2) is 0 Å². The summed E-state index contributed by atoms with van der Waals surface area (Å²) in [5.41, 5.74) is 2.25. The van der Waals surface area contributed by atoms with E-state index in [1.807, 2.05) is 0 Å². The summed E-state index contributed by atoms with van der Waals surface area (Å²) in [6.07, 6.45) is 7.60. The standard InChI is InChI=1S/C21H39NO3/c1-7-14(2)9-10-16-15(3)17(25-19(23)22-24)13-18-20(4,5)11-8-12-21(16,18)6/h14-18,24H,7-13H2,1-6H3,(H,22,23)/t14-,15-,16+,17+,18+,21-/m1/s1. The van der Waals surface area contributed by atoms with E-state index in [1.165, 1.54) is 38.5 Å². The highest BCUT2D eigenvalue weighted by Crippen LogP contribution is 2.62. The van der Waals surface area contributed by atoms with E-state index in [0.29, 0.717) is 23.2 Å². The third-order valence-corrected chi connectivity index (χ3v) is 7.83. The summed E-state index contributed by atoms with van der Waals surface area (Å²) in [6.45, 7) is 14.1. The number of hydroxylamine groups is 1. The molecule has 0 aromatic heterocycles. The van der Waals surface area contributed by atoms with E-state index in [9.17, 15) is 4.79 Å². The summed E-state index contributed by atoms with van der Waals surface area (Å²) < 4.78 is 5.60. The number of nitrogens with one attached hydrogen (secondary N) is 1. The zero-order valence-corrected chi connectivity index (χ0v) is 17.1. The van der Waals surface area contributed by atoms with Gasteiger partial charge in [-0.2, -0.15) is 0 Å². The first kappa shape index (κ1) is 20.5. The first-order chi connectivity index (χ1) is 11.7. The molecule has 2 aliphatic rings. The van der Waals surface area contributed by atoms with Gasteiger partial charge in [-0.15, -0.1) is 0 Å². The van der Waals surface area contributed by atoms with Crippen molar-refractivity contribution < 1.29 is 14.7 Å². The lowest BCUT2D eigenvalue weighted by Gasteiger charge is -2.60. The number of hydrogen-bond acceptors (Lipinski definition) is 3. The minimum atomic E-state index is -0.713. The molecule has 2 N–H and O–H groups in total. The van der Waals surface area contributed by atoms with Crippen LogP contribution in [0.5, 0.6) is 0 Å². The maximum Gasteiger partial charge on any atom is 0.431 e. The summed E-state index contributed by atoms with van der Waals surface area (Å²) in [5.74, 6) is 2.20. The van der Waals surface area contributed by atoms with Crippen molar-refractivity contribution in [2.24, 2.45) is 34.5 Å². The molecule has 4 heteroatoms. The third-order valence-electron chi connectivity index (χ3n) is 7.83. The summed E-state index contributed by atoms with van der Waals surface area (Å²) in [6, 6.07) is 0. The van der Waals surface area contributed by atoms with Crippen LogP contribution in [0.4, 0.5) is 4.79 Å². The second-order valence-corrected chi connectivity index (χ2v) is 9.75. The maximum absolute atomic E-state index is 11.7. The molecule has 0 saturated heterocycles. The van der Waals surface area contributed by atoms with E-state index < -0.39 is 6.09 Å². The molecule has 2 rings (SSSR count). The van der Waals surface area contributed by atoms with Crippen molar-refractivity contribution in [1.82, 2.24) is 5.48 Å². The van der Waals surface area contributed by atoms with Crippen LogP contribution in [0.2, 0.25) is 0 Å². The van der Waals surface area contributed by atoms with Crippen molar-refractivity contribution in [1.29, 1.82) is 0 Å². The SMILES string of the molecule is CC[C@@H](C)CC[C@H]1[C@@H](C)[C@@H](OC(=O)NO)C[C@H]2C(C)(C)CCC[C@]12C. The quantitative estimate of drug-likeness (QED) is 0.486. The fourth-order valence-corrected chi connectivity index (χ4v) is 6.08. The van der Waals surface area contributed by atoms with Gasteiger partial charge in [0.1, 0.15) is 6.10 Å². The van der Waals surface area contributed by atoms with E-state index in [4.69, 9.17) is 9.94 Å². The van der Waals surface area contributed by atoms with E-state index in [1.54, 1.807) is 5.48 Å². The van der Waals surface area contributed by atoms with Crippen molar-refractivity contribution >= 4 is 6.09 Å². The van der Waals surface area contributed by atoms with Gasteiger partial charge in [0.05, 0.1) is 0 Å². The number of hydrogen-bond donors (Lipinski definition) is 2. The van der Waals surface area contributed by atoms with Crippen LogP contribution in [0.15, 0.2) is 0 Å². The molecule has 0 aromatic carbocycles. The van der Waals surface area contributed by atoms with Gasteiger partial charge < -0.3 is 4.74 Å². The zero-order valence-electron chi connectivity index (χ0n) is 17.1. The summed E-state index contributed by atoms with van der Waals surface area (Å²) in [7, 11) is 0. The predicted octanol–water partition coefficient (Wildman–Crippen LogP) is 5.79. The average molecular weight is 354 g/mol. The topological polar surface area (TPSA) is 58.6 Å². The molecule has 0 radical (unpaired) electrons. The maximum atomic E-state index is 11.7. The number of carbonyl (C=O) groups is 1. The van der Waals surface area contributed by atoms with E-state index >= 15 is 0 Å². The minimum Gasteiger partial charge on any atom is -0.444 e. The van der Waals surface area contributed by atoms with Crippen LogP contribution in [0.25, 0.3) is 0 Å². The molecule has 0 bridgehead atoms. The van der Waals surface area contributed by atoms with Gasteiger partial charge in [-0.3, -0.25) is 5.21 Å². The van der Waals surface area contributed by atoms with Gasteiger partial charge >= 0.3 is 6.09 Å². The summed E-state index contributed by atoms with van der Waals surface area (Å²) >= 11 is 0. The lowest BCUT2D eigenvalue weighted by Crippen LogP contribution is -2.56. The summed E-state index contributed by atoms with van der Waals surface area (Å²) in [4.78, 5) is 11.7. The second-order valence-electron chi connectivity index (χ2n) is 9.75. The van der Waals surface area contributed by atoms with Gasteiger partial charge in [0, 0.05) is 0 Å². The lowest BCUT2D eigenvalue weighted by atomic mass is 9.45. The molecule has 2 aliphatic carbocycles. The smallest absolute Gasteiger partial charge is 0.431 e. The molecule has 146 valence electrons. The molecule has 6 atom stereocenters. The molecule has 0 spiro atoms. The third kappa shape index (κ3) is 4.15. The Morgan fingerprint density at radius 2 is 2.00 bits per heavy atom. The minimum absolute atomic E-state index is 0.107. The van der Waals surface area contributed by atoms with E-state index in [0.717, 1.165) is 12.3 Å². The molecule has 2 fully saturated rings. The van der Waals surface area contributed by atoms with Crippen molar-refractivity contribution in [2.75, 3.05) is 0 Å². The van der Waals surface area contributed by atoms with Crippen LogP contribution >= 0.6 is 0 Å². The highest BCUT2D eigenvalue weighted by Gasteiger charge is 2.56. The molecule has 25 heavy (non-hydrogen) atoms. The second kappa shape index (κ2) is 7.85. The van der Waals surface area contributed by atoms with Crippen molar-refractivity contribution in [3.63, 3.8) is 0 Å². The molecule has 4 nitrogen and oxygen atoms in total. The molecular weight excluding hydrogens is 314 g/mol. The Kier molecular flexibility index (Phi) is 6.45. The monoisotopic (exact) mass is 353 g/mol. The van der Waals surface area contributed by atoms with Crippen LogP contribution < -0.4 is 5.48 Å². The van der Waals surface area contributed by atoms with Crippen molar-refractivity contribution in [3.05, 3.63) is 0 Å². The fourth-order valence-electron chi connectivity index (χ4n) is 6.08. The van der Waals surface area contributed by atoms with Crippen LogP contribution in [0.3, 0.4) is 0 Å².